The van der Waals surface area contributed by atoms with E-state index in [0.717, 1.165) is 21.5 Å². The lowest BCUT2D eigenvalue weighted by Gasteiger charge is -2.16. The van der Waals surface area contributed by atoms with E-state index in [9.17, 15) is 83.1 Å². The average molecular weight is 2220 g/mol. The monoisotopic (exact) mass is 2210 g/mol. The summed E-state index contributed by atoms with van der Waals surface area (Å²) in [5.41, 5.74) is 0.0936. The Morgan fingerprint density at radius 1 is 0.380 bits per heavy atom. The molecule has 776 valence electrons. The fourth-order valence-electron chi connectivity index (χ4n) is 11.4. The van der Waals surface area contributed by atoms with Crippen LogP contribution < -0.4 is 52.0 Å². The Balaban J connectivity index is -0.000000872. The Morgan fingerprint density at radius 3 is 0.986 bits per heavy atom. The molecule has 31 nitrogen and oxygen atoms in total. The number of nitrogens with zero attached hydrogens (tertiary/aromatic N) is 13. The van der Waals surface area contributed by atoms with Gasteiger partial charge >= 0.3 is 18.5 Å². The number of halogens is 18. The molecule has 0 saturated heterocycles. The largest absolute Gasteiger partial charge is 0.467 e. The van der Waals surface area contributed by atoms with Crippen LogP contribution in [0.3, 0.4) is 0 Å². The maximum absolute atomic E-state index is 13.4. The first-order valence-corrected chi connectivity index (χ1v) is 40.8. The molecule has 49 heteroatoms. The maximum atomic E-state index is 13.4. The number of rotatable bonds is 22. The zero-order valence-corrected chi connectivity index (χ0v) is 75.8. The van der Waals surface area contributed by atoms with Gasteiger partial charge in [-0.25, -0.2) is 38.7 Å². The van der Waals surface area contributed by atoms with Gasteiger partial charge in [0.15, 0.2) is 42.2 Å². The van der Waals surface area contributed by atoms with E-state index in [4.69, 9.17) is 97.5 Å². The quantitative estimate of drug-likeness (QED) is 0.0292. The summed E-state index contributed by atoms with van der Waals surface area (Å²) in [5, 5.41) is 46.8. The van der Waals surface area contributed by atoms with Crippen LogP contribution in [0.15, 0.2) is 151 Å². The molecule has 8 N–H and O–H groups in total. The smallest absolute Gasteiger partial charge is 0.435 e. The molecule has 0 aliphatic carbocycles. The van der Waals surface area contributed by atoms with Crippen LogP contribution in [-0.2, 0) is 6.18 Å². The van der Waals surface area contributed by atoms with Crippen LogP contribution in [0.5, 0.6) is 11.8 Å². The number of alkyl halides is 9. The van der Waals surface area contributed by atoms with Crippen molar-refractivity contribution in [1.29, 1.82) is 5.26 Å². The number of aromatic nitrogens is 12. The molecule has 12 aromatic rings. The van der Waals surface area contributed by atoms with Gasteiger partial charge in [0.25, 0.3) is 47.3 Å². The molecule has 0 radical (unpaired) electrons. The standard InChI is InChI=1S/C22H20Cl2F3N5O3.C22H18ClF3N6O2.C20H16Cl2F3N5O3.C17H11BrCl3N5O2.12CH4/c1-11(2)29-20(33)14-8-13(23)7-12(3)18(14)30-21(34)16-9-17(35-10-22(25,26)27)31-32(16)19-15(24)5-4-6-28-19;1-11(2)29-20(33)14-8-13(10-27)7-12(3)18(14)30-21(34)16-9-17(22(24,25)26)31-32(16)19-15(23)5-4-6-28-19;1-10-6-11(21)7-12(18(31)26-2)16(10)28-19(32)14-8-15(33-9-20(23,24)25)29-30(14)17-13(22)4-3-5-27-17;1-22-16(27)9-5-8(19)6-11(21)14(9)24-17(28)12-7-13(18)25-26(12)15-10(20)3-2-4-23-15;;;;;;;;;;;;/h4-9,11H,10H2,1-3H3,(H,29,33)(H,30,34);4-9,11H,1-3H3,(H,29,33)(H,30,34);3-8H,9H2,1-2H3,(H,26,31)(H,28,32);2-7H,1H3,(H,22,27)(H,24,28);12*1H4. The number of carbonyl (C=O) groups excluding carboxylic acids is 8. The summed E-state index contributed by atoms with van der Waals surface area (Å²) in [7, 11) is 2.87. The first-order valence-electron chi connectivity index (χ1n) is 37.0. The van der Waals surface area contributed by atoms with Crippen molar-refractivity contribution in [3.8, 4) is 41.1 Å². The fraction of sp³-hybridized carbons (Fsp3) is 0.301. The third-order valence-electron chi connectivity index (χ3n) is 16.9. The molecule has 8 amide bonds. The zero-order chi connectivity index (χ0) is 95.9. The number of nitrogens with one attached hydrogen (secondary N) is 8. The molecule has 142 heavy (non-hydrogen) atoms. The highest BCUT2D eigenvalue weighted by molar-refractivity contribution is 9.10. The predicted molar refractivity (Wildman–Crippen MR) is 551 cm³/mol. The molecule has 0 saturated carbocycles. The summed E-state index contributed by atoms with van der Waals surface area (Å²) < 4.78 is 130. The Morgan fingerprint density at radius 2 is 0.669 bits per heavy atom. The summed E-state index contributed by atoms with van der Waals surface area (Å²) in [6, 6.07) is 29.1. The summed E-state index contributed by atoms with van der Waals surface area (Å²) in [4.78, 5) is 119. The predicted octanol–water partition coefficient (Wildman–Crippen LogP) is 26.4. The third-order valence-corrected chi connectivity index (χ3v) is 19.4. The minimum Gasteiger partial charge on any atom is -0.467 e. The van der Waals surface area contributed by atoms with Crippen LogP contribution >= 0.6 is 109 Å². The lowest BCUT2D eigenvalue weighted by Crippen LogP contribution is -2.31. The Kier molecular flexibility index (Phi) is 56.0. The molecule has 0 aliphatic rings. The lowest BCUT2D eigenvalue weighted by molar-refractivity contribution is -0.154. The van der Waals surface area contributed by atoms with Gasteiger partial charge in [0.1, 0.15) is 27.4 Å². The van der Waals surface area contributed by atoms with Crippen molar-refractivity contribution in [2.24, 2.45) is 0 Å². The lowest BCUT2D eigenvalue weighted by atomic mass is 10.0. The van der Waals surface area contributed by atoms with Crippen LogP contribution in [0.25, 0.3) is 23.3 Å². The van der Waals surface area contributed by atoms with Crippen LogP contribution in [0, 0.1) is 32.1 Å². The Hall–Kier alpha value is -12.7. The minimum absolute atomic E-state index is 0. The molecule has 0 unspecified atom stereocenters. The molecule has 12 rings (SSSR count). The van der Waals surface area contributed by atoms with Crippen molar-refractivity contribution in [2.45, 2.75) is 168 Å². The summed E-state index contributed by atoms with van der Waals surface area (Å²) in [6.45, 7) is 8.58. The van der Waals surface area contributed by atoms with E-state index in [2.05, 4.69) is 104 Å². The number of amides is 8. The summed E-state index contributed by atoms with van der Waals surface area (Å²) in [6.07, 6.45) is -8.51. The molecule has 8 aromatic heterocycles. The number of ether oxygens (including phenoxy) is 2. The van der Waals surface area contributed by atoms with Gasteiger partial charge in [0.2, 0.25) is 11.8 Å². The van der Waals surface area contributed by atoms with Crippen molar-refractivity contribution in [1.82, 2.24) is 80.3 Å². The normalized spacial score (nSPS) is 10.2. The van der Waals surface area contributed by atoms with Gasteiger partial charge in [-0.05, 0) is 178 Å². The zero-order valence-electron chi connectivity index (χ0n) is 68.1. The molecule has 0 atom stereocenters. The van der Waals surface area contributed by atoms with Crippen molar-refractivity contribution < 1.29 is 87.3 Å². The molecule has 0 spiro atoms. The fourth-order valence-corrected chi connectivity index (χ4v) is 13.6. The number of nitriles is 1. The van der Waals surface area contributed by atoms with E-state index in [1.165, 1.54) is 128 Å². The number of pyridine rings is 4. The molecule has 4 aromatic carbocycles. The molecular formula is C93H113BrCl8F9N21O10. The Bertz CT molecular complexity index is 6390. The van der Waals surface area contributed by atoms with Crippen molar-refractivity contribution >= 4 is 179 Å². The van der Waals surface area contributed by atoms with Crippen LogP contribution in [0.4, 0.5) is 62.3 Å². The molecule has 8 heterocycles. The van der Waals surface area contributed by atoms with Crippen LogP contribution in [0.2, 0.25) is 40.2 Å². The van der Waals surface area contributed by atoms with Crippen LogP contribution in [0.1, 0.15) is 228 Å². The van der Waals surface area contributed by atoms with Gasteiger partial charge < -0.3 is 52.0 Å². The molecule has 0 bridgehead atoms. The van der Waals surface area contributed by atoms with E-state index >= 15 is 0 Å². The van der Waals surface area contributed by atoms with Crippen molar-refractivity contribution in [2.75, 3.05) is 48.6 Å². The van der Waals surface area contributed by atoms with E-state index in [0.29, 0.717) is 37.1 Å². The Labute approximate surface area is 867 Å². The second-order valence-electron chi connectivity index (χ2n) is 27.4. The first-order chi connectivity index (χ1) is 61.1. The van der Waals surface area contributed by atoms with E-state index in [1.54, 1.807) is 66.7 Å². The topological polar surface area (TPSA) is 398 Å². The molecule has 0 fully saturated rings. The number of hydrogen-bond donors (Lipinski definition) is 8. The van der Waals surface area contributed by atoms with Gasteiger partial charge in [0.05, 0.1) is 81.7 Å². The highest BCUT2D eigenvalue weighted by atomic mass is 79.9. The second kappa shape index (κ2) is 58.7. The molecule has 0 aliphatic heterocycles. The number of anilines is 4. The maximum Gasteiger partial charge on any atom is 0.435 e. The number of benzene rings is 4. The second-order valence-corrected chi connectivity index (χ2v) is 31.5. The third kappa shape index (κ3) is 35.5. The van der Waals surface area contributed by atoms with Gasteiger partial charge in [-0.15, -0.1) is 10.2 Å². The van der Waals surface area contributed by atoms with Gasteiger partial charge in [0, 0.05) is 90.3 Å². The number of carbonyl (C=O) groups is 8. The van der Waals surface area contributed by atoms with Gasteiger partial charge in [-0.2, -0.15) is 55.0 Å². The SMILES string of the molecule is C.C.C.C.C.C.C.C.C.C.C.C.CNC(=O)c1cc(Cl)cc(C)c1NC(=O)c1cc(OCC(F)(F)F)nn1-c1ncccc1Cl.CNC(=O)c1cc(Cl)cc(Cl)c1NC(=O)c1cc(Br)nn1-c1ncccc1Cl.Cc1cc(C#N)cc(C(=O)NC(C)C)c1NC(=O)c1cc(C(F)(F)F)nn1-c1ncccc1Cl.Cc1cc(Cl)cc(C(=O)NC(C)C)c1NC(=O)c1cc(OCC(F)(F)F)nn1-c1ncccc1Cl. The number of aryl methyl sites for hydroxylation is 3. The number of hydrogen-bond acceptors (Lipinski definition) is 19. The van der Waals surface area contributed by atoms with E-state index in [-0.39, 0.29) is 227 Å². The van der Waals surface area contributed by atoms with E-state index in [1.807, 2.05) is 6.07 Å². The van der Waals surface area contributed by atoms with Crippen molar-refractivity contribution in [3.05, 3.63) is 264 Å². The molecular weight excluding hydrogens is 2110 g/mol. The summed E-state index contributed by atoms with van der Waals surface area (Å²) >= 11 is 52.1. The summed E-state index contributed by atoms with van der Waals surface area (Å²) in [5.74, 6) is -6.05. The first kappa shape index (κ1) is 136. The minimum atomic E-state index is -4.84. The van der Waals surface area contributed by atoms with Gasteiger partial charge in [-0.3, -0.25) is 38.4 Å². The highest BCUT2D eigenvalue weighted by Crippen LogP contribution is 2.37. The van der Waals surface area contributed by atoms with E-state index < -0.39 is 102 Å². The highest BCUT2D eigenvalue weighted by Gasteiger charge is 2.38. The van der Waals surface area contributed by atoms with Crippen molar-refractivity contribution in [3.63, 3.8) is 0 Å². The van der Waals surface area contributed by atoms with Crippen LogP contribution in [-0.4, -0.2) is 158 Å². The average Bonchev–Trinajstić information content (AvgIpc) is 1.64. The van der Waals surface area contributed by atoms with Gasteiger partial charge in [-0.1, -0.05) is 182 Å².